The normalized spacial score (nSPS) is 13.0. The smallest absolute Gasteiger partial charge is 0.166 e. The van der Waals surface area contributed by atoms with Gasteiger partial charge in [0.25, 0.3) is 0 Å². The zero-order chi connectivity index (χ0) is 13.1. The Morgan fingerprint density at radius 1 is 1.18 bits per heavy atom. The Labute approximate surface area is 110 Å². The van der Waals surface area contributed by atoms with Crippen LogP contribution in [0.15, 0.2) is 24.3 Å². The van der Waals surface area contributed by atoms with Crippen LogP contribution in [0, 0.1) is 0 Å². The van der Waals surface area contributed by atoms with Crippen LogP contribution in [0.4, 0.5) is 0 Å². The lowest BCUT2D eigenvalue weighted by atomic mass is 9.86. The van der Waals surface area contributed by atoms with Crippen molar-refractivity contribution in [1.82, 2.24) is 10.6 Å². The van der Waals surface area contributed by atoms with Gasteiger partial charge in [-0.2, -0.15) is 0 Å². The Hall–Kier alpha value is -1.09. The minimum absolute atomic E-state index is 0.204. The maximum absolute atomic E-state index is 5.09. The second-order valence-corrected chi connectivity index (χ2v) is 5.73. The largest absolute Gasteiger partial charge is 0.366 e. The second kappa shape index (κ2) is 5.50. The quantitative estimate of drug-likeness (QED) is 0.789. The highest BCUT2D eigenvalue weighted by molar-refractivity contribution is 7.80. The van der Waals surface area contributed by atoms with Gasteiger partial charge in [-0.3, -0.25) is 0 Å². The summed E-state index contributed by atoms with van der Waals surface area (Å²) in [6.45, 7) is 8.77. The van der Waals surface area contributed by atoms with Gasteiger partial charge in [0.1, 0.15) is 0 Å². The molecule has 0 aliphatic heterocycles. The van der Waals surface area contributed by atoms with Crippen LogP contribution in [0.1, 0.15) is 44.9 Å². The molecule has 0 aliphatic carbocycles. The Morgan fingerprint density at radius 2 is 1.71 bits per heavy atom. The summed E-state index contributed by atoms with van der Waals surface area (Å²) in [4.78, 5) is 0. The molecule has 1 atom stereocenters. The number of benzene rings is 1. The van der Waals surface area contributed by atoms with Crippen LogP contribution in [0.25, 0.3) is 0 Å². The molecule has 1 aromatic rings. The summed E-state index contributed by atoms with van der Waals surface area (Å²) in [6, 6.07) is 8.93. The number of thiocarbonyl (C=S) groups is 1. The van der Waals surface area contributed by atoms with Crippen molar-refractivity contribution in [2.24, 2.45) is 0 Å². The summed E-state index contributed by atoms with van der Waals surface area (Å²) in [5, 5.41) is 6.82. The van der Waals surface area contributed by atoms with Crippen molar-refractivity contribution in [3.8, 4) is 0 Å². The summed E-state index contributed by atoms with van der Waals surface area (Å²) < 4.78 is 0. The molecule has 0 heterocycles. The molecule has 0 fully saturated rings. The van der Waals surface area contributed by atoms with Gasteiger partial charge >= 0.3 is 0 Å². The number of hydrogen-bond acceptors (Lipinski definition) is 1. The van der Waals surface area contributed by atoms with Gasteiger partial charge in [-0.1, -0.05) is 45.0 Å². The van der Waals surface area contributed by atoms with Crippen molar-refractivity contribution in [3.63, 3.8) is 0 Å². The molecular formula is C14H22N2S. The highest BCUT2D eigenvalue weighted by Crippen LogP contribution is 2.23. The summed E-state index contributed by atoms with van der Waals surface area (Å²) in [5.41, 5.74) is 2.80. The van der Waals surface area contributed by atoms with Crippen LogP contribution in [0.2, 0.25) is 0 Å². The van der Waals surface area contributed by atoms with Gasteiger partial charge in [0, 0.05) is 7.05 Å². The fourth-order valence-corrected chi connectivity index (χ4v) is 1.80. The molecule has 0 aliphatic rings. The van der Waals surface area contributed by atoms with Crippen LogP contribution < -0.4 is 10.6 Å². The first-order valence-electron chi connectivity index (χ1n) is 5.93. The van der Waals surface area contributed by atoms with E-state index in [2.05, 4.69) is 62.6 Å². The van der Waals surface area contributed by atoms with E-state index in [1.807, 2.05) is 7.05 Å². The molecule has 1 rings (SSSR count). The second-order valence-electron chi connectivity index (χ2n) is 5.32. The molecule has 94 valence electrons. The Morgan fingerprint density at radius 3 is 2.12 bits per heavy atom. The highest BCUT2D eigenvalue weighted by atomic mass is 32.1. The van der Waals surface area contributed by atoms with Gasteiger partial charge in [-0.25, -0.2) is 0 Å². The zero-order valence-corrected chi connectivity index (χ0v) is 12.1. The lowest BCUT2D eigenvalue weighted by Crippen LogP contribution is -2.34. The monoisotopic (exact) mass is 250 g/mol. The molecule has 0 saturated carbocycles. The number of hydrogen-bond donors (Lipinski definition) is 2. The Balaban J connectivity index is 2.77. The third kappa shape index (κ3) is 4.00. The summed E-state index contributed by atoms with van der Waals surface area (Å²) in [7, 11) is 1.82. The standard InChI is InChI=1S/C14H22N2S/c1-10(16-13(17)15-5)11-6-8-12(9-7-11)14(2,3)4/h6-10H,1-5H3,(H2,15,16,17). The van der Waals surface area contributed by atoms with Gasteiger partial charge in [-0.15, -0.1) is 0 Å². The van der Waals surface area contributed by atoms with Crippen LogP contribution in [0.5, 0.6) is 0 Å². The molecule has 2 N–H and O–H groups in total. The molecule has 0 bridgehead atoms. The van der Waals surface area contributed by atoms with E-state index in [9.17, 15) is 0 Å². The molecule has 0 amide bonds. The van der Waals surface area contributed by atoms with Gasteiger partial charge in [0.05, 0.1) is 6.04 Å². The molecule has 2 nitrogen and oxygen atoms in total. The lowest BCUT2D eigenvalue weighted by molar-refractivity contribution is 0.589. The van der Waals surface area contributed by atoms with Gasteiger partial charge in [0.15, 0.2) is 5.11 Å². The van der Waals surface area contributed by atoms with Crippen LogP contribution in [-0.2, 0) is 5.41 Å². The molecule has 0 radical (unpaired) electrons. The van der Waals surface area contributed by atoms with E-state index in [4.69, 9.17) is 12.2 Å². The van der Waals surface area contributed by atoms with Crippen molar-refractivity contribution in [1.29, 1.82) is 0 Å². The molecule has 3 heteroatoms. The minimum atomic E-state index is 0.204. The molecule has 1 unspecified atom stereocenters. The molecule has 0 saturated heterocycles. The Kier molecular flexibility index (Phi) is 4.52. The van der Waals surface area contributed by atoms with E-state index in [1.54, 1.807) is 0 Å². The van der Waals surface area contributed by atoms with Crippen LogP contribution >= 0.6 is 12.2 Å². The lowest BCUT2D eigenvalue weighted by Gasteiger charge is -2.21. The van der Waals surface area contributed by atoms with E-state index >= 15 is 0 Å². The third-order valence-corrected chi connectivity index (χ3v) is 3.17. The van der Waals surface area contributed by atoms with E-state index in [-0.39, 0.29) is 11.5 Å². The number of rotatable bonds is 2. The fourth-order valence-electron chi connectivity index (χ4n) is 1.62. The zero-order valence-electron chi connectivity index (χ0n) is 11.3. The van der Waals surface area contributed by atoms with E-state index in [0.717, 1.165) is 0 Å². The van der Waals surface area contributed by atoms with Gasteiger partial charge < -0.3 is 10.6 Å². The SMILES string of the molecule is CNC(=S)NC(C)c1ccc(C(C)(C)C)cc1. The predicted octanol–water partition coefficient (Wildman–Crippen LogP) is 3.14. The van der Waals surface area contributed by atoms with E-state index in [1.165, 1.54) is 11.1 Å². The molecule has 1 aromatic carbocycles. The number of nitrogens with one attached hydrogen (secondary N) is 2. The first-order chi connectivity index (χ1) is 7.84. The molecule has 0 spiro atoms. The first kappa shape index (κ1) is 14.0. The van der Waals surface area contributed by atoms with E-state index < -0.39 is 0 Å². The van der Waals surface area contributed by atoms with Crippen molar-refractivity contribution >= 4 is 17.3 Å². The van der Waals surface area contributed by atoms with Crippen molar-refractivity contribution in [2.75, 3.05) is 7.05 Å². The average molecular weight is 250 g/mol. The van der Waals surface area contributed by atoms with Gasteiger partial charge in [0.2, 0.25) is 0 Å². The maximum atomic E-state index is 5.09. The van der Waals surface area contributed by atoms with Crippen molar-refractivity contribution in [2.45, 2.75) is 39.2 Å². The highest BCUT2D eigenvalue weighted by Gasteiger charge is 2.14. The fraction of sp³-hybridized carbons (Fsp3) is 0.500. The first-order valence-corrected chi connectivity index (χ1v) is 6.34. The minimum Gasteiger partial charge on any atom is -0.366 e. The summed E-state index contributed by atoms with van der Waals surface area (Å²) in [5.74, 6) is 0. The van der Waals surface area contributed by atoms with Gasteiger partial charge in [-0.05, 0) is 35.7 Å². The van der Waals surface area contributed by atoms with E-state index in [0.29, 0.717) is 5.11 Å². The molecule has 17 heavy (non-hydrogen) atoms. The van der Waals surface area contributed by atoms with Crippen LogP contribution in [0.3, 0.4) is 0 Å². The third-order valence-electron chi connectivity index (χ3n) is 2.85. The summed E-state index contributed by atoms with van der Waals surface area (Å²) >= 11 is 5.09. The summed E-state index contributed by atoms with van der Waals surface area (Å²) in [6.07, 6.45) is 0. The maximum Gasteiger partial charge on any atom is 0.166 e. The van der Waals surface area contributed by atoms with Crippen molar-refractivity contribution < 1.29 is 0 Å². The molecule has 0 aromatic heterocycles. The average Bonchev–Trinajstić information content (AvgIpc) is 2.27. The van der Waals surface area contributed by atoms with Crippen molar-refractivity contribution in [3.05, 3.63) is 35.4 Å². The van der Waals surface area contributed by atoms with Crippen LogP contribution in [-0.4, -0.2) is 12.2 Å². The predicted molar refractivity (Wildman–Crippen MR) is 78.4 cm³/mol. The Bertz CT molecular complexity index is 376. The topological polar surface area (TPSA) is 24.1 Å². The molecular weight excluding hydrogens is 228 g/mol.